The molecule has 98 valence electrons. The molecule has 0 spiro atoms. The van der Waals surface area contributed by atoms with Gasteiger partial charge in [-0.3, -0.25) is 4.68 Å². The molecule has 0 aliphatic carbocycles. The summed E-state index contributed by atoms with van der Waals surface area (Å²) >= 11 is 0. The summed E-state index contributed by atoms with van der Waals surface area (Å²) < 4.78 is 46.2. The Balaban J connectivity index is 2.93. The first-order chi connectivity index (χ1) is 7.67. The second-order valence-electron chi connectivity index (χ2n) is 3.49. The van der Waals surface area contributed by atoms with Crippen molar-refractivity contribution in [3.63, 3.8) is 0 Å². The molecule has 0 saturated carbocycles. The Morgan fingerprint density at radius 3 is 2.35 bits per heavy atom. The number of hydrogen-bond donors (Lipinski definition) is 0. The van der Waals surface area contributed by atoms with E-state index in [4.69, 9.17) is 10.7 Å². The van der Waals surface area contributed by atoms with Crippen LogP contribution in [0.2, 0.25) is 0 Å². The van der Waals surface area contributed by atoms with Gasteiger partial charge in [0.25, 0.3) is 9.05 Å². The summed E-state index contributed by atoms with van der Waals surface area (Å²) in [6.45, 7) is 3.20. The summed E-state index contributed by atoms with van der Waals surface area (Å²) in [4.78, 5) is -0.0898. The van der Waals surface area contributed by atoms with Gasteiger partial charge >= 0.3 is 0 Å². The van der Waals surface area contributed by atoms with Crippen molar-refractivity contribution in [2.75, 3.05) is 11.5 Å². The van der Waals surface area contributed by atoms with E-state index in [1.165, 1.54) is 11.6 Å². The molecule has 0 fully saturated rings. The van der Waals surface area contributed by atoms with Gasteiger partial charge in [-0.1, -0.05) is 6.92 Å². The van der Waals surface area contributed by atoms with Crippen molar-refractivity contribution in [1.82, 2.24) is 9.78 Å². The number of rotatable bonds is 5. The molecule has 0 unspecified atom stereocenters. The van der Waals surface area contributed by atoms with Crippen LogP contribution < -0.4 is 0 Å². The van der Waals surface area contributed by atoms with E-state index >= 15 is 0 Å². The molecular weight excluding hydrogens is 288 g/mol. The molecule has 0 aliphatic rings. The predicted octanol–water partition coefficient (Wildman–Crippen LogP) is 0.554. The van der Waals surface area contributed by atoms with Gasteiger partial charge in [0.05, 0.1) is 24.2 Å². The number of aromatic nitrogens is 2. The molecule has 17 heavy (non-hydrogen) atoms. The van der Waals surface area contributed by atoms with Crippen LogP contribution in [0.5, 0.6) is 0 Å². The maximum Gasteiger partial charge on any atom is 0.264 e. The van der Waals surface area contributed by atoms with Crippen LogP contribution in [0, 0.1) is 6.92 Å². The van der Waals surface area contributed by atoms with Crippen molar-refractivity contribution < 1.29 is 16.8 Å². The van der Waals surface area contributed by atoms with Gasteiger partial charge < -0.3 is 0 Å². The van der Waals surface area contributed by atoms with Gasteiger partial charge in [-0.05, 0) is 6.92 Å². The zero-order chi connectivity index (χ0) is 13.3. The third kappa shape index (κ3) is 3.68. The zero-order valence-corrected chi connectivity index (χ0v) is 11.8. The normalized spacial score (nSPS) is 12.9. The Morgan fingerprint density at radius 2 is 1.94 bits per heavy atom. The third-order valence-corrected chi connectivity index (χ3v) is 5.48. The fraction of sp³-hybridized carbons (Fsp3) is 0.625. The molecule has 9 heteroatoms. The SMILES string of the molecule is CCS(=O)(=O)CCn1ncc(S(=O)(=O)Cl)c1C. The number of nitrogens with zero attached hydrogens (tertiary/aromatic N) is 2. The standard InChI is InChI=1S/C8H13ClN2O4S2/c1-3-16(12,13)5-4-11-7(2)8(6-10-11)17(9,14)15/h6H,3-5H2,1-2H3. The highest BCUT2D eigenvalue weighted by atomic mass is 35.7. The van der Waals surface area contributed by atoms with Crippen LogP contribution >= 0.6 is 10.7 Å². The van der Waals surface area contributed by atoms with Gasteiger partial charge in [0.15, 0.2) is 9.84 Å². The van der Waals surface area contributed by atoms with Gasteiger partial charge in [0.2, 0.25) is 0 Å². The maximum atomic E-state index is 11.3. The molecule has 0 bridgehead atoms. The van der Waals surface area contributed by atoms with E-state index in [9.17, 15) is 16.8 Å². The van der Waals surface area contributed by atoms with E-state index in [1.54, 1.807) is 6.92 Å². The zero-order valence-electron chi connectivity index (χ0n) is 9.42. The summed E-state index contributed by atoms with van der Waals surface area (Å²) in [5.41, 5.74) is 0.339. The van der Waals surface area contributed by atoms with Crippen molar-refractivity contribution in [1.29, 1.82) is 0 Å². The monoisotopic (exact) mass is 300 g/mol. The summed E-state index contributed by atoms with van der Waals surface area (Å²) in [5, 5.41) is 3.81. The smallest absolute Gasteiger partial charge is 0.264 e. The van der Waals surface area contributed by atoms with Crippen molar-refractivity contribution in [3.8, 4) is 0 Å². The first-order valence-electron chi connectivity index (χ1n) is 4.85. The highest BCUT2D eigenvalue weighted by molar-refractivity contribution is 8.13. The highest BCUT2D eigenvalue weighted by Crippen LogP contribution is 2.18. The lowest BCUT2D eigenvalue weighted by molar-refractivity contribution is 0.577. The van der Waals surface area contributed by atoms with Crippen molar-refractivity contribution in [2.24, 2.45) is 0 Å². The minimum Gasteiger partial charge on any atom is -0.267 e. The lowest BCUT2D eigenvalue weighted by Crippen LogP contribution is -2.16. The van der Waals surface area contributed by atoms with Crippen LogP contribution in [0.25, 0.3) is 0 Å². The molecule has 0 aromatic carbocycles. The molecule has 1 aromatic rings. The Labute approximate surface area is 105 Å². The van der Waals surface area contributed by atoms with Gasteiger partial charge in [-0.25, -0.2) is 16.8 Å². The average molecular weight is 301 g/mol. The number of sulfone groups is 1. The fourth-order valence-electron chi connectivity index (χ4n) is 1.26. The molecule has 6 nitrogen and oxygen atoms in total. The Morgan fingerprint density at radius 1 is 1.35 bits per heavy atom. The summed E-state index contributed by atoms with van der Waals surface area (Å²) in [7, 11) is -1.74. The van der Waals surface area contributed by atoms with E-state index in [2.05, 4.69) is 5.10 Å². The molecule has 1 aromatic heterocycles. The molecule has 0 amide bonds. The predicted molar refractivity (Wildman–Crippen MR) is 64.3 cm³/mol. The Bertz CT molecular complexity index is 603. The van der Waals surface area contributed by atoms with Crippen LogP contribution in [0.1, 0.15) is 12.6 Å². The van der Waals surface area contributed by atoms with Crippen molar-refractivity contribution >= 4 is 29.6 Å². The largest absolute Gasteiger partial charge is 0.267 e. The Kier molecular flexibility index (Phi) is 4.21. The molecule has 0 radical (unpaired) electrons. The van der Waals surface area contributed by atoms with Crippen LogP contribution in [-0.2, 0) is 25.4 Å². The van der Waals surface area contributed by atoms with E-state index in [-0.39, 0.29) is 22.9 Å². The third-order valence-electron chi connectivity index (χ3n) is 2.37. The highest BCUT2D eigenvalue weighted by Gasteiger charge is 2.18. The maximum absolute atomic E-state index is 11.3. The van der Waals surface area contributed by atoms with Crippen molar-refractivity contribution in [2.45, 2.75) is 25.3 Å². The molecular formula is C8H13ClN2O4S2. The second-order valence-corrected chi connectivity index (χ2v) is 8.50. The number of hydrogen-bond acceptors (Lipinski definition) is 5. The van der Waals surface area contributed by atoms with Gasteiger partial charge in [-0.15, -0.1) is 0 Å². The number of aryl methyl sites for hydroxylation is 1. The van der Waals surface area contributed by atoms with Crippen LogP contribution in [-0.4, -0.2) is 38.1 Å². The van der Waals surface area contributed by atoms with Crippen LogP contribution in [0.4, 0.5) is 0 Å². The van der Waals surface area contributed by atoms with Gasteiger partial charge in [-0.2, -0.15) is 5.10 Å². The first kappa shape index (κ1) is 14.5. The summed E-state index contributed by atoms with van der Waals surface area (Å²) in [5.74, 6) is -0.0260. The summed E-state index contributed by atoms with van der Waals surface area (Å²) in [6.07, 6.45) is 1.12. The molecule has 0 aliphatic heterocycles. The lowest BCUT2D eigenvalue weighted by atomic mass is 10.5. The van der Waals surface area contributed by atoms with Crippen LogP contribution in [0.15, 0.2) is 11.1 Å². The fourth-order valence-corrected chi connectivity index (χ4v) is 3.09. The number of halogens is 1. The van der Waals surface area contributed by atoms with Crippen LogP contribution in [0.3, 0.4) is 0 Å². The lowest BCUT2D eigenvalue weighted by Gasteiger charge is -2.04. The average Bonchev–Trinajstić information content (AvgIpc) is 2.56. The molecule has 0 saturated heterocycles. The first-order valence-corrected chi connectivity index (χ1v) is 8.98. The van der Waals surface area contributed by atoms with Gasteiger partial charge in [0.1, 0.15) is 4.90 Å². The van der Waals surface area contributed by atoms with E-state index in [0.29, 0.717) is 5.69 Å². The molecule has 1 heterocycles. The minimum absolute atomic E-state index is 0.0496. The van der Waals surface area contributed by atoms with E-state index in [1.807, 2.05) is 0 Å². The van der Waals surface area contributed by atoms with E-state index in [0.717, 1.165) is 6.20 Å². The van der Waals surface area contributed by atoms with Crippen molar-refractivity contribution in [3.05, 3.63) is 11.9 Å². The van der Waals surface area contributed by atoms with Gasteiger partial charge in [0, 0.05) is 16.4 Å². The Hall–Kier alpha value is -0.600. The van der Waals surface area contributed by atoms with E-state index < -0.39 is 18.9 Å². The quantitative estimate of drug-likeness (QED) is 0.741. The molecule has 0 N–H and O–H groups in total. The topological polar surface area (TPSA) is 86.1 Å². The molecule has 1 rings (SSSR count). The second kappa shape index (κ2) is 4.95. The minimum atomic E-state index is -3.83. The molecule has 0 atom stereocenters. The summed E-state index contributed by atoms with van der Waals surface area (Å²) in [6, 6.07) is 0.